The third kappa shape index (κ3) is 32.6. The van der Waals surface area contributed by atoms with E-state index in [2.05, 4.69) is 325 Å². The molecule has 0 radical (unpaired) electrons. The summed E-state index contributed by atoms with van der Waals surface area (Å²) in [7, 11) is 0. The monoisotopic (exact) mass is 1830 g/mol. The van der Waals surface area contributed by atoms with Crippen molar-refractivity contribution in [1.82, 2.24) is 0 Å². The highest BCUT2D eigenvalue weighted by molar-refractivity contribution is 5.81. The van der Waals surface area contributed by atoms with Crippen molar-refractivity contribution in [2.75, 3.05) is 0 Å². The average Bonchev–Trinajstić information content (AvgIpc) is 0.382. The van der Waals surface area contributed by atoms with Gasteiger partial charge in [0, 0.05) is 1.37 Å². The van der Waals surface area contributed by atoms with Gasteiger partial charge in [0.05, 0.1) is 31.5 Å². The lowest BCUT2D eigenvalue weighted by molar-refractivity contribution is 0.577. The number of hydrogen-bond donors (Lipinski definition) is 0. The summed E-state index contributed by atoms with van der Waals surface area (Å²) in [6.07, 6.45) is 0. The molecule has 0 aliphatic carbocycles. The van der Waals surface area contributed by atoms with E-state index in [1.54, 1.807) is 43.3 Å². The van der Waals surface area contributed by atoms with E-state index >= 15 is 0 Å². The van der Waals surface area contributed by atoms with Gasteiger partial charge >= 0.3 is 0 Å². The molecule has 0 atom stereocenters. The second-order valence-electron chi connectivity index (χ2n) is 43.6. The Morgan fingerprint density at radius 2 is 0.504 bits per heavy atom. The highest BCUT2D eigenvalue weighted by Crippen LogP contribution is 2.43. The average molecular weight is 1830 g/mol. The number of aryl methyl sites for hydroxylation is 1. The molecule has 16 aromatic rings. The van der Waals surface area contributed by atoms with Crippen LogP contribution in [0.15, 0.2) is 406 Å². The molecule has 16 aromatic carbocycles. The second-order valence-corrected chi connectivity index (χ2v) is 43.6. The first-order valence-corrected chi connectivity index (χ1v) is 47.8. The minimum Gasteiger partial charge on any atom is -0.0622 e. The molecule has 0 aromatic heterocycles. The first-order chi connectivity index (χ1) is 74.3. The maximum Gasteiger partial charge on any atom is 0.0632 e. The van der Waals surface area contributed by atoms with E-state index in [-0.39, 0.29) is 180 Å². The zero-order valence-electron chi connectivity index (χ0n) is 111. The summed E-state index contributed by atoms with van der Waals surface area (Å²) >= 11 is 0. The Balaban J connectivity index is 0.000000208. The molecular weight excluding hydrogens is 1650 g/mol. The number of hydrogen-bond acceptors (Lipinski definition) is 0. The molecule has 0 amide bonds. The van der Waals surface area contributed by atoms with Gasteiger partial charge in [-0.05, 0) is 238 Å². The topological polar surface area (TPSA) is 0 Å². The molecule has 0 spiro atoms. The summed E-state index contributed by atoms with van der Waals surface area (Å²) in [5.41, 5.74) is 24.4. The zero-order valence-corrected chi connectivity index (χ0v) is 87.5. The summed E-state index contributed by atoms with van der Waals surface area (Å²) in [6, 6.07) is 84.0. The molecule has 0 heterocycles. The van der Waals surface area contributed by atoms with E-state index < -0.39 is 47.6 Å². The first-order valence-electron chi connectivity index (χ1n) is 59.8. The Morgan fingerprint density at radius 1 is 0.204 bits per heavy atom. The van der Waals surface area contributed by atoms with Crippen molar-refractivity contribution in [3.8, 4) is 89.0 Å². The fraction of sp³-hybridized carbons (Fsp3) is 0.299. The van der Waals surface area contributed by atoms with Gasteiger partial charge in [0.25, 0.3) is 0 Å². The van der Waals surface area contributed by atoms with Crippen LogP contribution in [-0.4, -0.2) is 0 Å². The Bertz CT molecular complexity index is 7500. The summed E-state index contributed by atoms with van der Waals surface area (Å²) in [5.74, 6) is 0.111. The van der Waals surface area contributed by atoms with E-state index in [1.807, 2.05) is 106 Å². The van der Waals surface area contributed by atoms with Crippen molar-refractivity contribution >= 4 is 0 Å². The molecule has 0 fully saturated rings. The third-order valence-electron chi connectivity index (χ3n) is 23.2. The van der Waals surface area contributed by atoms with Crippen LogP contribution in [0, 0.1) is 20.8 Å². The Kier molecular flexibility index (Phi) is 27.5. The van der Waals surface area contributed by atoms with Crippen molar-refractivity contribution in [3.05, 3.63) is 478 Å². The smallest absolute Gasteiger partial charge is 0.0622 e. The van der Waals surface area contributed by atoms with Crippen LogP contribution in [0.4, 0.5) is 0 Å². The molecule has 16 rings (SSSR count). The van der Waals surface area contributed by atoms with E-state index in [9.17, 15) is 0 Å². The predicted molar refractivity (Wildman–Crippen MR) is 607 cm³/mol. The Labute approximate surface area is 865 Å². The summed E-state index contributed by atoms with van der Waals surface area (Å²) in [4.78, 5) is 0. The van der Waals surface area contributed by atoms with Crippen molar-refractivity contribution in [3.63, 3.8) is 0 Å². The molecule has 137 heavy (non-hydrogen) atoms. The molecule has 0 N–H and O–H groups in total. The lowest BCUT2D eigenvalue weighted by Crippen LogP contribution is -2.14. The summed E-state index contributed by atoms with van der Waals surface area (Å²) in [6.45, 7) is 65.1. The maximum absolute atomic E-state index is 8.52. The van der Waals surface area contributed by atoms with Crippen LogP contribution in [0.1, 0.15) is 311 Å². The maximum atomic E-state index is 8.52. The zero-order chi connectivity index (χ0) is 121. The van der Waals surface area contributed by atoms with E-state index in [0.29, 0.717) is 39.3 Å². The van der Waals surface area contributed by atoms with Gasteiger partial charge in [-0.2, -0.15) is 0 Å². The molecule has 0 bridgehead atoms. The number of rotatable bonds is 10. The van der Waals surface area contributed by atoms with Gasteiger partial charge < -0.3 is 0 Å². The van der Waals surface area contributed by atoms with Gasteiger partial charge in [-0.25, -0.2) is 0 Å². The molecule has 0 saturated heterocycles. The highest BCUT2D eigenvalue weighted by Gasteiger charge is 2.27. The van der Waals surface area contributed by atoms with Crippen molar-refractivity contribution in [2.45, 2.75) is 270 Å². The van der Waals surface area contributed by atoms with Gasteiger partial charge in [0.1, 0.15) is 0 Å². The summed E-state index contributed by atoms with van der Waals surface area (Å²) in [5, 5.41) is 0. The van der Waals surface area contributed by atoms with Crippen LogP contribution in [0.5, 0.6) is 0 Å². The van der Waals surface area contributed by atoms with Crippen molar-refractivity contribution in [2.24, 2.45) is 0 Å². The standard InChI is InChI=1S/2C23H24.C22H22.2C16H18.2C13H20.C11H16/c1-17-9-8-12-19(13-17)21-14-20(18-10-6-5-7-11-18)15-22(16-21)23(2,3)4;1-17-13-15-19(16-14-17)21-12-8-11-20(22(21)23(2,3)4)18-9-6-5-7-10-18;1-22(2,3)21-15-19(17-10-6-4-7-11-17)14-20(16-21)18-12-8-5-9-13-18;2*1-16(2,3)15-12-8-7-11-14(15)13-9-5-4-6-10-13;2*1-10(2)11-8-6-7-9-12(11)13(3,4)5;1-9-7-5-6-8-10(9)11(2,3)4/h2*5-16H,1-4H3;4-16H,1-3H3;2*4-12H,1-3H3;2*6-10H,1-5H3;5-8H,1-4H3/i5D,6D,7D,8D,9D,10D,11D,12D,13D;5D,6D,7D,9D,10D,13D,14D,15D,16D;;4D,5D,6D,9D,10D;;10D;;. The SMILES string of the molecule is CC(C)(C)c1cc(-c2ccccc2)cc(-c2ccccc2)c1.CC(C)(C)c1ccccc1-c1ccccc1.CC(C)c1ccccc1C(C)(C)C.Cc1ccccc1C(C)(C)C.[2H]C(C)(C)c1ccccc1C(C)(C)C.[2H]c1c([2H])c([2H])c(-c2cc(-c3c([2H])c([2H])c([2H])c(C)c3[2H])cc(C(C)(C)C)c2)c([2H])c1[2H].[2H]c1c([2H])c([2H])c(-c2cccc(-c3c([2H])c([2H])c(C)c([2H])c3[2H])c2C(C)(C)C)c([2H])c1[2H].[2H]c1c([2H])c([2H])c(-c2ccccc2C(C)(C)C)c([2H])c1[2H]. The van der Waals surface area contributed by atoms with Gasteiger partial charge in [-0.15, -0.1) is 0 Å². The highest BCUT2D eigenvalue weighted by atomic mass is 14.3. The fourth-order valence-electron chi connectivity index (χ4n) is 16.1. The molecule has 710 valence electrons. The lowest BCUT2D eigenvalue weighted by Gasteiger charge is -2.27. The van der Waals surface area contributed by atoms with Gasteiger partial charge in [-0.1, -0.05) is 599 Å². The van der Waals surface area contributed by atoms with Crippen molar-refractivity contribution < 1.29 is 32.9 Å². The van der Waals surface area contributed by atoms with Gasteiger partial charge in [0.2, 0.25) is 0 Å². The summed E-state index contributed by atoms with van der Waals surface area (Å²) < 4.78 is 196. The molecule has 0 aliphatic heterocycles. The van der Waals surface area contributed by atoms with E-state index in [0.717, 1.165) is 16.7 Å². The third-order valence-corrected chi connectivity index (χ3v) is 23.2. The second kappa shape index (κ2) is 48.5. The van der Waals surface area contributed by atoms with Crippen LogP contribution in [0.2, 0.25) is 0 Å². The first kappa shape index (κ1) is 77.5. The molecular formula is C137H162. The van der Waals surface area contributed by atoms with Crippen LogP contribution in [0.25, 0.3) is 89.0 Å². The molecule has 0 aliphatic rings. The van der Waals surface area contributed by atoms with Crippen LogP contribution < -0.4 is 0 Å². The number of benzene rings is 16. The Hall–Kier alpha value is -12.5. The minimum atomic E-state index is -0.608. The molecule has 0 unspecified atom stereocenters. The van der Waals surface area contributed by atoms with Crippen LogP contribution in [0.3, 0.4) is 0 Å². The normalized spacial score (nSPS) is 14.1. The molecule has 0 saturated carbocycles. The largest absolute Gasteiger partial charge is 0.0632 e. The van der Waals surface area contributed by atoms with E-state index in [1.165, 1.54) is 79.2 Å². The Morgan fingerprint density at radius 3 is 0.861 bits per heavy atom. The van der Waals surface area contributed by atoms with Gasteiger partial charge in [0.15, 0.2) is 0 Å². The molecule has 0 heteroatoms. The quantitative estimate of drug-likeness (QED) is 0.128. The van der Waals surface area contributed by atoms with Crippen LogP contribution in [-0.2, 0) is 43.3 Å². The predicted octanol–water partition coefficient (Wildman–Crippen LogP) is 40.4. The van der Waals surface area contributed by atoms with Crippen molar-refractivity contribution in [1.29, 1.82) is 0 Å². The van der Waals surface area contributed by atoms with Crippen LogP contribution >= 0.6 is 0 Å². The minimum absolute atomic E-state index is 0.0333. The van der Waals surface area contributed by atoms with Gasteiger partial charge in [-0.3, -0.25) is 0 Å². The fourth-order valence-corrected chi connectivity index (χ4v) is 16.1. The van der Waals surface area contributed by atoms with E-state index in [4.69, 9.17) is 32.9 Å². The molecule has 0 nitrogen and oxygen atoms in total. The lowest BCUT2D eigenvalue weighted by atomic mass is 9.77.